The fourth-order valence-electron chi connectivity index (χ4n) is 1.98. The molecule has 1 rings (SSSR count). The van der Waals surface area contributed by atoms with Gasteiger partial charge in [0, 0.05) is 32.1 Å². The molecule has 0 radical (unpaired) electrons. The Labute approximate surface area is 108 Å². The van der Waals surface area contributed by atoms with E-state index in [1.165, 1.54) is 0 Å². The van der Waals surface area contributed by atoms with Crippen molar-refractivity contribution >= 4 is 12.0 Å². The van der Waals surface area contributed by atoms with Crippen LogP contribution in [0.4, 0.5) is 4.79 Å². The first-order valence-corrected chi connectivity index (χ1v) is 6.57. The summed E-state index contributed by atoms with van der Waals surface area (Å²) in [5.41, 5.74) is 0. The molecule has 1 saturated heterocycles. The van der Waals surface area contributed by atoms with E-state index in [-0.39, 0.29) is 18.5 Å². The Kier molecular flexibility index (Phi) is 6.49. The SMILES string of the molecule is CC(CCCC(=O)O)NC(=O)N1CCCNCC1. The lowest BCUT2D eigenvalue weighted by Gasteiger charge is -2.23. The van der Waals surface area contributed by atoms with Gasteiger partial charge in [0.05, 0.1) is 0 Å². The monoisotopic (exact) mass is 257 g/mol. The van der Waals surface area contributed by atoms with Crippen LogP contribution in [0.15, 0.2) is 0 Å². The van der Waals surface area contributed by atoms with Gasteiger partial charge in [-0.25, -0.2) is 4.79 Å². The number of amides is 2. The number of nitrogens with zero attached hydrogens (tertiary/aromatic N) is 1. The molecule has 0 bridgehead atoms. The third-order valence-corrected chi connectivity index (χ3v) is 3.02. The molecule has 1 heterocycles. The minimum Gasteiger partial charge on any atom is -0.481 e. The first-order chi connectivity index (χ1) is 8.59. The molecule has 6 heteroatoms. The Morgan fingerprint density at radius 2 is 2.17 bits per heavy atom. The van der Waals surface area contributed by atoms with Gasteiger partial charge >= 0.3 is 12.0 Å². The second kappa shape index (κ2) is 7.92. The number of urea groups is 1. The predicted octanol–water partition coefficient (Wildman–Crippen LogP) is 0.635. The van der Waals surface area contributed by atoms with E-state index in [1.807, 2.05) is 11.8 Å². The second-order valence-electron chi connectivity index (χ2n) is 4.73. The van der Waals surface area contributed by atoms with Crippen molar-refractivity contribution in [2.75, 3.05) is 26.2 Å². The molecule has 1 unspecified atom stereocenters. The Morgan fingerprint density at radius 3 is 2.89 bits per heavy atom. The van der Waals surface area contributed by atoms with Gasteiger partial charge in [0.1, 0.15) is 0 Å². The average molecular weight is 257 g/mol. The summed E-state index contributed by atoms with van der Waals surface area (Å²) in [6, 6.07) is -0.0189. The van der Waals surface area contributed by atoms with Gasteiger partial charge in [-0.3, -0.25) is 4.79 Å². The van der Waals surface area contributed by atoms with Crippen molar-refractivity contribution in [2.24, 2.45) is 0 Å². The molecule has 0 saturated carbocycles. The zero-order chi connectivity index (χ0) is 13.4. The van der Waals surface area contributed by atoms with Crippen LogP contribution < -0.4 is 10.6 Å². The van der Waals surface area contributed by atoms with Crippen molar-refractivity contribution < 1.29 is 14.7 Å². The predicted molar refractivity (Wildman–Crippen MR) is 68.5 cm³/mol. The van der Waals surface area contributed by atoms with E-state index >= 15 is 0 Å². The summed E-state index contributed by atoms with van der Waals surface area (Å²) in [5.74, 6) is -0.785. The van der Waals surface area contributed by atoms with Gasteiger partial charge in [0.25, 0.3) is 0 Å². The molecule has 1 aliphatic rings. The molecular weight excluding hydrogens is 234 g/mol. The van der Waals surface area contributed by atoms with Gasteiger partial charge in [0.2, 0.25) is 0 Å². The van der Waals surface area contributed by atoms with Crippen LogP contribution in [-0.2, 0) is 4.79 Å². The minimum absolute atomic E-state index is 0.0214. The van der Waals surface area contributed by atoms with Crippen LogP contribution in [0.1, 0.15) is 32.6 Å². The Bertz CT molecular complexity index is 276. The topological polar surface area (TPSA) is 81.7 Å². The summed E-state index contributed by atoms with van der Waals surface area (Å²) in [6.45, 7) is 5.21. The molecule has 0 spiro atoms. The molecule has 3 N–H and O–H groups in total. The van der Waals surface area contributed by atoms with E-state index in [2.05, 4.69) is 10.6 Å². The first kappa shape index (κ1) is 14.8. The number of carboxylic acid groups (broad SMARTS) is 1. The summed E-state index contributed by atoms with van der Waals surface area (Å²) in [7, 11) is 0. The highest BCUT2D eigenvalue weighted by Crippen LogP contribution is 2.02. The van der Waals surface area contributed by atoms with Crippen molar-refractivity contribution in [3.8, 4) is 0 Å². The molecular formula is C12H23N3O3. The van der Waals surface area contributed by atoms with Crippen LogP contribution >= 0.6 is 0 Å². The van der Waals surface area contributed by atoms with Crippen LogP contribution in [0.5, 0.6) is 0 Å². The third kappa shape index (κ3) is 5.86. The van der Waals surface area contributed by atoms with Gasteiger partial charge in [-0.05, 0) is 32.7 Å². The maximum Gasteiger partial charge on any atom is 0.317 e. The van der Waals surface area contributed by atoms with Gasteiger partial charge in [-0.1, -0.05) is 0 Å². The maximum absolute atomic E-state index is 11.9. The molecule has 6 nitrogen and oxygen atoms in total. The van der Waals surface area contributed by atoms with E-state index in [0.717, 1.165) is 32.6 Å². The molecule has 18 heavy (non-hydrogen) atoms. The van der Waals surface area contributed by atoms with Crippen molar-refractivity contribution in [3.63, 3.8) is 0 Å². The molecule has 1 aliphatic heterocycles. The van der Waals surface area contributed by atoms with Crippen molar-refractivity contribution in [1.29, 1.82) is 0 Å². The van der Waals surface area contributed by atoms with E-state index in [0.29, 0.717) is 12.8 Å². The Hall–Kier alpha value is -1.30. The van der Waals surface area contributed by atoms with Crippen LogP contribution in [-0.4, -0.2) is 54.2 Å². The Balaban J connectivity index is 2.22. The lowest BCUT2D eigenvalue weighted by Crippen LogP contribution is -2.45. The minimum atomic E-state index is -0.785. The van der Waals surface area contributed by atoms with Gasteiger partial charge < -0.3 is 20.6 Å². The molecule has 1 fully saturated rings. The molecule has 0 aromatic heterocycles. The highest BCUT2D eigenvalue weighted by Gasteiger charge is 2.16. The smallest absolute Gasteiger partial charge is 0.317 e. The van der Waals surface area contributed by atoms with Crippen LogP contribution in [0.3, 0.4) is 0 Å². The number of hydrogen-bond acceptors (Lipinski definition) is 3. The number of hydrogen-bond donors (Lipinski definition) is 3. The third-order valence-electron chi connectivity index (χ3n) is 3.02. The molecule has 2 amide bonds. The van der Waals surface area contributed by atoms with Crippen molar-refractivity contribution in [3.05, 3.63) is 0 Å². The van der Waals surface area contributed by atoms with E-state index < -0.39 is 5.97 Å². The van der Waals surface area contributed by atoms with Gasteiger partial charge in [-0.15, -0.1) is 0 Å². The number of aliphatic carboxylic acids is 1. The fraction of sp³-hybridized carbons (Fsp3) is 0.833. The summed E-state index contributed by atoms with van der Waals surface area (Å²) in [5, 5.41) is 14.7. The van der Waals surface area contributed by atoms with Crippen molar-refractivity contribution in [2.45, 2.75) is 38.6 Å². The standard InChI is InChI=1S/C12H23N3O3/c1-10(4-2-5-11(16)17)14-12(18)15-8-3-6-13-7-9-15/h10,13H,2-9H2,1H3,(H,14,18)(H,16,17). The normalized spacial score (nSPS) is 17.9. The maximum atomic E-state index is 11.9. The summed E-state index contributed by atoms with van der Waals surface area (Å²) >= 11 is 0. The average Bonchev–Trinajstić information content (AvgIpc) is 2.56. The number of nitrogens with one attached hydrogen (secondary N) is 2. The van der Waals surface area contributed by atoms with E-state index in [1.54, 1.807) is 0 Å². The number of carbonyl (C=O) groups excluding carboxylic acids is 1. The summed E-state index contributed by atoms with van der Waals surface area (Å²) < 4.78 is 0. The fourth-order valence-corrected chi connectivity index (χ4v) is 1.98. The zero-order valence-corrected chi connectivity index (χ0v) is 10.9. The number of carboxylic acids is 1. The molecule has 0 aliphatic carbocycles. The molecule has 0 aromatic carbocycles. The summed E-state index contributed by atoms with van der Waals surface area (Å²) in [4.78, 5) is 24.1. The van der Waals surface area contributed by atoms with Crippen LogP contribution in [0.25, 0.3) is 0 Å². The summed E-state index contributed by atoms with van der Waals surface area (Å²) in [6.07, 6.45) is 2.43. The highest BCUT2D eigenvalue weighted by molar-refractivity contribution is 5.74. The Morgan fingerprint density at radius 1 is 1.39 bits per heavy atom. The zero-order valence-electron chi connectivity index (χ0n) is 10.9. The van der Waals surface area contributed by atoms with Crippen LogP contribution in [0, 0.1) is 0 Å². The number of carbonyl (C=O) groups is 2. The van der Waals surface area contributed by atoms with Crippen LogP contribution in [0.2, 0.25) is 0 Å². The van der Waals surface area contributed by atoms with E-state index in [4.69, 9.17) is 5.11 Å². The van der Waals surface area contributed by atoms with Gasteiger partial charge in [0.15, 0.2) is 0 Å². The lowest BCUT2D eigenvalue weighted by atomic mass is 10.1. The second-order valence-corrected chi connectivity index (χ2v) is 4.73. The molecule has 1 atom stereocenters. The largest absolute Gasteiger partial charge is 0.481 e. The van der Waals surface area contributed by atoms with Crippen molar-refractivity contribution in [1.82, 2.24) is 15.5 Å². The quantitative estimate of drug-likeness (QED) is 0.675. The molecule has 0 aromatic rings. The molecule has 104 valence electrons. The highest BCUT2D eigenvalue weighted by atomic mass is 16.4. The lowest BCUT2D eigenvalue weighted by molar-refractivity contribution is -0.137. The van der Waals surface area contributed by atoms with Gasteiger partial charge in [-0.2, -0.15) is 0 Å². The number of rotatable bonds is 5. The first-order valence-electron chi connectivity index (χ1n) is 6.57. The van der Waals surface area contributed by atoms with E-state index in [9.17, 15) is 9.59 Å².